The van der Waals surface area contributed by atoms with Crippen LogP contribution in [0.1, 0.15) is 16.7 Å². The maximum atomic E-state index is 12.3. The van der Waals surface area contributed by atoms with Crippen molar-refractivity contribution >= 4 is 68.9 Å². The Labute approximate surface area is 203 Å². The smallest absolute Gasteiger partial charge is 0.264 e. The highest BCUT2D eigenvalue weighted by Crippen LogP contribution is 2.28. The van der Waals surface area contributed by atoms with E-state index in [0.717, 1.165) is 22.4 Å². The van der Waals surface area contributed by atoms with Gasteiger partial charge in [0.2, 0.25) is 11.0 Å². The van der Waals surface area contributed by atoms with Crippen LogP contribution in [0, 0.1) is 20.8 Å². The van der Waals surface area contributed by atoms with Crippen molar-refractivity contribution in [1.29, 1.82) is 0 Å². The highest BCUT2D eigenvalue weighted by atomic mass is 35.5. The molecule has 2 aromatic carbocycles. The molecule has 2 N–H and O–H groups in total. The van der Waals surface area contributed by atoms with Gasteiger partial charge >= 0.3 is 0 Å². The van der Waals surface area contributed by atoms with Gasteiger partial charge in [-0.05, 0) is 50.1 Å². The van der Waals surface area contributed by atoms with E-state index in [1.54, 1.807) is 12.1 Å². The number of rotatable bonds is 8. The maximum Gasteiger partial charge on any atom is 0.264 e. The first-order valence-corrected chi connectivity index (χ1v) is 12.0. The van der Waals surface area contributed by atoms with E-state index in [0.29, 0.717) is 25.3 Å². The first kappa shape index (κ1) is 24.3. The quantitative estimate of drug-likeness (QED) is 0.306. The van der Waals surface area contributed by atoms with E-state index in [1.165, 1.54) is 29.2 Å². The summed E-state index contributed by atoms with van der Waals surface area (Å²) in [5.74, 6) is -0.0244. The lowest BCUT2D eigenvalue weighted by Crippen LogP contribution is -2.20. The molecule has 32 heavy (non-hydrogen) atoms. The number of halogens is 2. The fourth-order valence-corrected chi connectivity index (χ4v) is 4.92. The minimum absolute atomic E-state index is 0.140. The van der Waals surface area contributed by atoms with Crippen LogP contribution in [-0.4, -0.2) is 34.4 Å². The van der Waals surface area contributed by atoms with Crippen LogP contribution >= 0.6 is 46.3 Å². The van der Waals surface area contributed by atoms with E-state index in [1.807, 2.05) is 32.9 Å². The molecule has 168 valence electrons. The highest BCUT2D eigenvalue weighted by molar-refractivity contribution is 8.01. The van der Waals surface area contributed by atoms with Crippen LogP contribution in [0.25, 0.3) is 0 Å². The molecular formula is C21H20Cl2N4O3S2. The first-order valence-electron chi connectivity index (χ1n) is 9.43. The van der Waals surface area contributed by atoms with Gasteiger partial charge in [0.05, 0.1) is 10.8 Å². The lowest BCUT2D eigenvalue weighted by Gasteiger charge is -2.12. The van der Waals surface area contributed by atoms with Gasteiger partial charge in [-0.2, -0.15) is 0 Å². The molecule has 11 heteroatoms. The van der Waals surface area contributed by atoms with Crippen molar-refractivity contribution in [1.82, 2.24) is 10.2 Å². The number of nitrogens with zero attached hydrogens (tertiary/aromatic N) is 2. The number of carbonyl (C=O) groups is 2. The molecule has 0 saturated heterocycles. The molecule has 0 aliphatic carbocycles. The molecule has 0 saturated carbocycles. The zero-order valence-corrected chi connectivity index (χ0v) is 20.6. The van der Waals surface area contributed by atoms with Gasteiger partial charge in [0.15, 0.2) is 10.9 Å². The summed E-state index contributed by atoms with van der Waals surface area (Å²) < 4.78 is 5.95. The molecule has 1 aromatic heterocycles. The minimum atomic E-state index is -0.410. The molecule has 0 aliphatic heterocycles. The van der Waals surface area contributed by atoms with Gasteiger partial charge in [0.1, 0.15) is 5.75 Å². The fraction of sp³-hybridized carbons (Fsp3) is 0.238. The van der Waals surface area contributed by atoms with Crippen molar-refractivity contribution in [3.8, 4) is 5.75 Å². The van der Waals surface area contributed by atoms with E-state index in [-0.39, 0.29) is 18.3 Å². The Kier molecular flexibility index (Phi) is 8.36. The van der Waals surface area contributed by atoms with Crippen LogP contribution in [0.5, 0.6) is 5.75 Å². The largest absolute Gasteiger partial charge is 0.482 e. The lowest BCUT2D eigenvalue weighted by atomic mass is 10.1. The average molecular weight is 511 g/mol. The third-order valence-electron chi connectivity index (χ3n) is 4.17. The van der Waals surface area contributed by atoms with E-state index in [9.17, 15) is 9.59 Å². The topological polar surface area (TPSA) is 93.2 Å². The molecule has 3 rings (SSSR count). The second kappa shape index (κ2) is 11.0. The molecule has 3 aromatic rings. The Bertz CT molecular complexity index is 1130. The van der Waals surface area contributed by atoms with Gasteiger partial charge in [-0.3, -0.25) is 14.9 Å². The lowest BCUT2D eigenvalue weighted by molar-refractivity contribution is -0.118. The number of aromatic nitrogens is 2. The Morgan fingerprint density at radius 1 is 1.03 bits per heavy atom. The predicted molar refractivity (Wildman–Crippen MR) is 131 cm³/mol. The zero-order chi connectivity index (χ0) is 23.3. The standard InChI is InChI=1S/C21H20Cl2N4O3S2/c1-11-6-12(2)19(13(3)7-11)24-18(29)10-31-21-27-26-20(32-21)25-17(28)9-30-16-5-4-14(22)8-15(16)23/h4-8H,9-10H2,1-3H3,(H,24,29)(H,25,26,28). The van der Waals surface area contributed by atoms with Crippen molar-refractivity contribution in [2.24, 2.45) is 0 Å². The highest BCUT2D eigenvalue weighted by Gasteiger charge is 2.13. The molecule has 7 nitrogen and oxygen atoms in total. The van der Waals surface area contributed by atoms with Crippen LogP contribution in [0.2, 0.25) is 10.0 Å². The van der Waals surface area contributed by atoms with Crippen LogP contribution in [0.4, 0.5) is 10.8 Å². The molecule has 0 spiro atoms. The van der Waals surface area contributed by atoms with E-state index < -0.39 is 5.91 Å². The monoisotopic (exact) mass is 510 g/mol. The number of ether oxygens (including phenoxy) is 1. The van der Waals surface area contributed by atoms with Crippen LogP contribution in [0.15, 0.2) is 34.7 Å². The SMILES string of the molecule is Cc1cc(C)c(NC(=O)CSc2nnc(NC(=O)COc3ccc(Cl)cc3Cl)s2)c(C)c1. The molecule has 0 aliphatic rings. The van der Waals surface area contributed by atoms with Gasteiger partial charge in [0, 0.05) is 10.7 Å². The Hall–Kier alpha value is -2.33. The third-order valence-corrected chi connectivity index (χ3v) is 6.68. The molecule has 2 amide bonds. The number of nitrogens with one attached hydrogen (secondary N) is 2. The zero-order valence-electron chi connectivity index (χ0n) is 17.5. The minimum Gasteiger partial charge on any atom is -0.482 e. The summed E-state index contributed by atoms with van der Waals surface area (Å²) in [5.41, 5.74) is 4.01. The van der Waals surface area contributed by atoms with E-state index in [4.69, 9.17) is 27.9 Å². The maximum absolute atomic E-state index is 12.3. The van der Waals surface area contributed by atoms with Gasteiger partial charge in [0.25, 0.3) is 5.91 Å². The van der Waals surface area contributed by atoms with Gasteiger partial charge < -0.3 is 10.1 Å². The first-order chi connectivity index (χ1) is 15.2. The predicted octanol–water partition coefficient (Wildman–Crippen LogP) is 5.52. The average Bonchev–Trinajstić information content (AvgIpc) is 3.15. The molecule has 0 atom stereocenters. The summed E-state index contributed by atoms with van der Waals surface area (Å²) in [4.78, 5) is 24.4. The number of benzene rings is 2. The molecule has 0 unspecified atom stereocenters. The van der Waals surface area contributed by atoms with Crippen molar-refractivity contribution in [3.63, 3.8) is 0 Å². The second-order valence-corrected chi connectivity index (χ2v) is 9.94. The van der Waals surface area contributed by atoms with Gasteiger partial charge in [-0.25, -0.2) is 0 Å². The summed E-state index contributed by atoms with van der Waals surface area (Å²) >= 11 is 14.3. The molecule has 0 bridgehead atoms. The summed E-state index contributed by atoms with van der Waals surface area (Å²) in [7, 11) is 0. The van der Waals surface area contributed by atoms with E-state index in [2.05, 4.69) is 20.8 Å². The van der Waals surface area contributed by atoms with Crippen molar-refractivity contribution in [3.05, 3.63) is 57.1 Å². The molecule has 1 heterocycles. The molecule has 0 radical (unpaired) electrons. The normalized spacial score (nSPS) is 10.7. The molecular weight excluding hydrogens is 491 g/mol. The van der Waals surface area contributed by atoms with Crippen LogP contribution < -0.4 is 15.4 Å². The number of amides is 2. The fourth-order valence-electron chi connectivity index (χ4n) is 2.89. The number of thioether (sulfide) groups is 1. The van der Waals surface area contributed by atoms with Crippen LogP contribution in [0.3, 0.4) is 0 Å². The Morgan fingerprint density at radius 2 is 1.75 bits per heavy atom. The Morgan fingerprint density at radius 3 is 2.44 bits per heavy atom. The number of aryl methyl sites for hydroxylation is 3. The van der Waals surface area contributed by atoms with Gasteiger partial charge in [-0.1, -0.05) is 64.0 Å². The summed E-state index contributed by atoms with van der Waals surface area (Å²) in [6.45, 7) is 5.70. The number of hydrogen-bond donors (Lipinski definition) is 2. The van der Waals surface area contributed by atoms with Gasteiger partial charge in [-0.15, -0.1) is 10.2 Å². The van der Waals surface area contributed by atoms with Crippen molar-refractivity contribution in [2.75, 3.05) is 23.0 Å². The summed E-state index contributed by atoms with van der Waals surface area (Å²) in [6, 6.07) is 8.79. The number of carbonyl (C=O) groups excluding carboxylic acids is 2. The number of hydrogen-bond acceptors (Lipinski definition) is 7. The van der Waals surface area contributed by atoms with E-state index >= 15 is 0 Å². The molecule has 0 fully saturated rings. The van der Waals surface area contributed by atoms with Crippen molar-refractivity contribution < 1.29 is 14.3 Å². The second-order valence-electron chi connectivity index (χ2n) is 6.90. The Balaban J connectivity index is 1.47. The summed E-state index contributed by atoms with van der Waals surface area (Å²) in [5, 5.41) is 14.6. The third kappa shape index (κ3) is 6.83. The summed E-state index contributed by atoms with van der Waals surface area (Å²) in [6.07, 6.45) is 0. The van der Waals surface area contributed by atoms with Crippen molar-refractivity contribution in [2.45, 2.75) is 25.1 Å². The number of anilines is 2. The van der Waals surface area contributed by atoms with Crippen LogP contribution in [-0.2, 0) is 9.59 Å².